The van der Waals surface area contributed by atoms with Gasteiger partial charge in [0.05, 0.1) is 48.4 Å². The van der Waals surface area contributed by atoms with Gasteiger partial charge in [0.15, 0.2) is 5.82 Å². The summed E-state index contributed by atoms with van der Waals surface area (Å²) in [4.78, 5) is 10.5. The third kappa shape index (κ3) is 4.93. The smallest absolute Gasteiger partial charge is 0.160 e. The van der Waals surface area contributed by atoms with Crippen LogP contribution in [0.15, 0.2) is 194 Å². The van der Waals surface area contributed by atoms with E-state index < -0.39 is 0 Å². The second-order valence-electron chi connectivity index (χ2n) is 14.6. The molecule has 0 amide bonds. The van der Waals surface area contributed by atoms with Gasteiger partial charge < -0.3 is 9.13 Å². The van der Waals surface area contributed by atoms with Crippen LogP contribution in [0.4, 0.5) is 0 Å². The molecule has 0 N–H and O–H groups in total. The summed E-state index contributed by atoms with van der Waals surface area (Å²) in [6, 6.07) is 69.5. The molecule has 0 fully saturated rings. The lowest BCUT2D eigenvalue weighted by atomic mass is 10.0. The SMILES string of the molecule is c1ccc(-c2nc(-c3ccccc3)c3sc4c(-n5c6ccccc6c6cc(-c7ccc8c(c7)c7ccccc7n8-c7ccccc7)ccc65)cccc4c3n2)cc1. The number of fused-ring (bicyclic) bond motifs is 9. The monoisotopic (exact) mass is 744 g/mol. The first kappa shape index (κ1) is 32.0. The highest BCUT2D eigenvalue weighted by molar-refractivity contribution is 7.26. The van der Waals surface area contributed by atoms with Crippen LogP contribution in [0.25, 0.3) is 109 Å². The van der Waals surface area contributed by atoms with Crippen LogP contribution in [-0.4, -0.2) is 19.1 Å². The van der Waals surface area contributed by atoms with Gasteiger partial charge in [0, 0.05) is 43.7 Å². The van der Waals surface area contributed by atoms with Crippen LogP contribution in [0, 0.1) is 0 Å². The molecule has 0 aliphatic heterocycles. The predicted molar refractivity (Wildman–Crippen MR) is 240 cm³/mol. The molecule has 8 aromatic carbocycles. The van der Waals surface area contributed by atoms with Crippen molar-refractivity contribution in [2.45, 2.75) is 0 Å². The number of nitrogens with zero attached hydrogens (tertiary/aromatic N) is 4. The van der Waals surface area contributed by atoms with Crippen molar-refractivity contribution in [1.29, 1.82) is 0 Å². The van der Waals surface area contributed by atoms with Crippen LogP contribution in [0.1, 0.15) is 0 Å². The molecule has 12 rings (SSSR count). The van der Waals surface area contributed by atoms with E-state index in [9.17, 15) is 0 Å². The topological polar surface area (TPSA) is 35.6 Å². The van der Waals surface area contributed by atoms with E-state index in [1.165, 1.54) is 65.1 Å². The van der Waals surface area contributed by atoms with Gasteiger partial charge in [0.25, 0.3) is 0 Å². The van der Waals surface area contributed by atoms with Crippen LogP contribution >= 0.6 is 11.3 Å². The lowest BCUT2D eigenvalue weighted by Crippen LogP contribution is -1.94. The molecule has 0 saturated carbocycles. The number of para-hydroxylation sites is 3. The average molecular weight is 745 g/mol. The molecule has 0 unspecified atom stereocenters. The van der Waals surface area contributed by atoms with Crippen LogP contribution in [0.2, 0.25) is 0 Å². The van der Waals surface area contributed by atoms with Gasteiger partial charge in [-0.3, -0.25) is 0 Å². The van der Waals surface area contributed by atoms with E-state index in [1.54, 1.807) is 11.3 Å². The van der Waals surface area contributed by atoms with Gasteiger partial charge in [-0.1, -0.05) is 140 Å². The Morgan fingerprint density at radius 2 is 0.877 bits per heavy atom. The van der Waals surface area contributed by atoms with Gasteiger partial charge in [0.2, 0.25) is 0 Å². The highest BCUT2D eigenvalue weighted by Gasteiger charge is 2.21. The summed E-state index contributed by atoms with van der Waals surface area (Å²) in [5.74, 6) is 0.735. The molecule has 0 atom stereocenters. The van der Waals surface area contributed by atoms with E-state index in [1.807, 2.05) is 18.2 Å². The van der Waals surface area contributed by atoms with Crippen molar-refractivity contribution in [1.82, 2.24) is 19.1 Å². The van der Waals surface area contributed by atoms with E-state index in [-0.39, 0.29) is 0 Å². The quantitative estimate of drug-likeness (QED) is 0.176. The van der Waals surface area contributed by atoms with E-state index in [0.717, 1.165) is 43.9 Å². The fourth-order valence-corrected chi connectivity index (χ4v) is 10.0. The Bertz CT molecular complexity index is 3510. The Morgan fingerprint density at radius 1 is 0.351 bits per heavy atom. The Kier molecular flexibility index (Phi) is 7.06. The van der Waals surface area contributed by atoms with Crippen molar-refractivity contribution in [2.75, 3.05) is 0 Å². The minimum absolute atomic E-state index is 0.735. The molecule has 0 aliphatic carbocycles. The molecule has 5 heteroatoms. The second-order valence-corrected chi connectivity index (χ2v) is 15.6. The number of aromatic nitrogens is 4. The maximum atomic E-state index is 5.26. The van der Waals surface area contributed by atoms with E-state index in [2.05, 4.69) is 185 Å². The zero-order chi connectivity index (χ0) is 37.5. The number of rotatable bonds is 5. The lowest BCUT2D eigenvalue weighted by molar-refractivity contribution is 1.18. The maximum absolute atomic E-state index is 5.26. The number of benzene rings is 8. The van der Waals surface area contributed by atoms with Crippen molar-refractivity contribution >= 4 is 75.3 Å². The molecule has 0 saturated heterocycles. The Hall–Kier alpha value is -7.34. The fourth-order valence-electron chi connectivity index (χ4n) is 8.75. The summed E-state index contributed by atoms with van der Waals surface area (Å²) in [6.07, 6.45) is 0. The average Bonchev–Trinajstić information content (AvgIpc) is 3.94. The van der Waals surface area contributed by atoms with Crippen LogP contribution < -0.4 is 0 Å². The van der Waals surface area contributed by atoms with Crippen molar-refractivity contribution < 1.29 is 0 Å². The molecular weight excluding hydrogens is 713 g/mol. The minimum Gasteiger partial charge on any atom is -0.309 e. The normalized spacial score (nSPS) is 11.9. The molecule has 0 spiro atoms. The molecule has 266 valence electrons. The fraction of sp³-hybridized carbons (Fsp3) is 0. The third-order valence-corrected chi connectivity index (χ3v) is 12.6. The molecule has 0 aliphatic rings. The molecule has 4 aromatic heterocycles. The van der Waals surface area contributed by atoms with Crippen molar-refractivity contribution in [3.8, 4) is 45.1 Å². The molecule has 12 aromatic rings. The van der Waals surface area contributed by atoms with Crippen molar-refractivity contribution in [2.24, 2.45) is 0 Å². The van der Waals surface area contributed by atoms with Gasteiger partial charge in [-0.05, 0) is 65.7 Å². The highest BCUT2D eigenvalue weighted by atomic mass is 32.1. The minimum atomic E-state index is 0.735. The summed E-state index contributed by atoms with van der Waals surface area (Å²) in [7, 11) is 0. The van der Waals surface area contributed by atoms with Crippen molar-refractivity contribution in [3.05, 3.63) is 194 Å². The van der Waals surface area contributed by atoms with E-state index in [0.29, 0.717) is 0 Å². The Labute approximate surface area is 332 Å². The zero-order valence-electron chi connectivity index (χ0n) is 30.7. The Morgan fingerprint density at radius 3 is 1.54 bits per heavy atom. The largest absolute Gasteiger partial charge is 0.309 e. The molecule has 0 bridgehead atoms. The summed E-state index contributed by atoms with van der Waals surface area (Å²) >= 11 is 1.78. The van der Waals surface area contributed by atoms with Gasteiger partial charge >= 0.3 is 0 Å². The van der Waals surface area contributed by atoms with Crippen LogP contribution in [-0.2, 0) is 0 Å². The summed E-state index contributed by atoms with van der Waals surface area (Å²) in [6.45, 7) is 0. The first-order valence-corrected chi connectivity index (χ1v) is 20.1. The second kappa shape index (κ2) is 12.6. The Balaban J connectivity index is 1.06. The summed E-state index contributed by atoms with van der Waals surface area (Å²) in [5, 5.41) is 6.09. The maximum Gasteiger partial charge on any atom is 0.160 e. The molecule has 4 heterocycles. The highest BCUT2D eigenvalue weighted by Crippen LogP contribution is 2.44. The third-order valence-electron chi connectivity index (χ3n) is 11.3. The van der Waals surface area contributed by atoms with Crippen LogP contribution in [0.5, 0.6) is 0 Å². The van der Waals surface area contributed by atoms with Gasteiger partial charge in [-0.25, -0.2) is 9.97 Å². The number of thiophene rings is 1. The van der Waals surface area contributed by atoms with Gasteiger partial charge in [-0.15, -0.1) is 11.3 Å². The van der Waals surface area contributed by atoms with Gasteiger partial charge in [0.1, 0.15) is 0 Å². The standard InChI is InChI=1S/C52H32N4S/c1-4-15-33(16-5-1)48-51-49(54-52(53-48)34-17-6-2-7-18-34)40-23-14-26-47(50(40)57-51)56-44-25-13-11-22-39(44)42-32-36(28-30-46(42)56)35-27-29-45-41(31-35)38-21-10-12-24-43(38)55(45)37-19-8-3-9-20-37/h1-32H. The summed E-state index contributed by atoms with van der Waals surface area (Å²) in [5.41, 5.74) is 13.5. The molecule has 4 nitrogen and oxygen atoms in total. The van der Waals surface area contributed by atoms with E-state index in [4.69, 9.17) is 9.97 Å². The number of hydrogen-bond donors (Lipinski definition) is 0. The van der Waals surface area contributed by atoms with Gasteiger partial charge in [-0.2, -0.15) is 0 Å². The first-order chi connectivity index (χ1) is 28.3. The zero-order valence-corrected chi connectivity index (χ0v) is 31.5. The van der Waals surface area contributed by atoms with Crippen molar-refractivity contribution in [3.63, 3.8) is 0 Å². The van der Waals surface area contributed by atoms with E-state index >= 15 is 0 Å². The predicted octanol–water partition coefficient (Wildman–Crippen LogP) is 14.0. The number of hydrogen-bond acceptors (Lipinski definition) is 3. The summed E-state index contributed by atoms with van der Waals surface area (Å²) < 4.78 is 7.10. The molecule has 57 heavy (non-hydrogen) atoms. The lowest BCUT2D eigenvalue weighted by Gasteiger charge is -2.10. The molecular formula is C52H32N4S. The molecule has 0 radical (unpaired) electrons. The first-order valence-electron chi connectivity index (χ1n) is 19.3. The van der Waals surface area contributed by atoms with Crippen LogP contribution in [0.3, 0.4) is 0 Å².